The number of nitrogens with two attached hydrogens (primary N) is 1. The highest BCUT2D eigenvalue weighted by Gasteiger charge is 2.20. The van der Waals surface area contributed by atoms with Crippen molar-refractivity contribution in [3.63, 3.8) is 0 Å². The highest BCUT2D eigenvalue weighted by atomic mass is 16.5. The molecule has 0 saturated carbocycles. The van der Waals surface area contributed by atoms with E-state index in [0.29, 0.717) is 24.5 Å². The van der Waals surface area contributed by atoms with Crippen LogP contribution < -0.4 is 20.9 Å². The average molecular weight is 409 g/mol. The summed E-state index contributed by atoms with van der Waals surface area (Å²) in [5, 5.41) is 8.44. The summed E-state index contributed by atoms with van der Waals surface area (Å²) in [7, 11) is 0. The van der Waals surface area contributed by atoms with Crippen LogP contribution in [0.2, 0.25) is 0 Å². The Hall–Kier alpha value is -3.04. The quantitative estimate of drug-likeness (QED) is 0.676. The highest BCUT2D eigenvalue weighted by Crippen LogP contribution is 2.32. The third kappa shape index (κ3) is 3.50. The van der Waals surface area contributed by atoms with Gasteiger partial charge in [-0.25, -0.2) is 4.98 Å². The summed E-state index contributed by atoms with van der Waals surface area (Å²) in [6.45, 7) is 8.19. The maximum absolute atomic E-state index is 6.35. The van der Waals surface area contributed by atoms with Crippen LogP contribution in [0.1, 0.15) is 5.69 Å². The number of hydrogen-bond donors (Lipinski definition) is 2. The normalized spacial score (nSPS) is 17.5. The van der Waals surface area contributed by atoms with Gasteiger partial charge in [0.15, 0.2) is 17.3 Å². The number of nitrogens with one attached hydrogen (secondary N) is 1. The SMILES string of the molecule is Cc1nc2c(N)cc(N3CCOCC3)nn2c1Nc1ccccc1N1CCOCC1. The van der Waals surface area contributed by atoms with Gasteiger partial charge in [0.25, 0.3) is 0 Å². The third-order valence-corrected chi connectivity index (χ3v) is 5.62. The number of ether oxygens (including phenoxy) is 2. The van der Waals surface area contributed by atoms with Crippen LogP contribution in [0.5, 0.6) is 0 Å². The van der Waals surface area contributed by atoms with Crippen molar-refractivity contribution >= 4 is 34.3 Å². The molecule has 9 nitrogen and oxygen atoms in total. The first-order chi connectivity index (χ1) is 14.7. The van der Waals surface area contributed by atoms with Gasteiger partial charge in [0.05, 0.1) is 49.2 Å². The van der Waals surface area contributed by atoms with Crippen LogP contribution in [-0.4, -0.2) is 67.2 Å². The molecule has 2 fully saturated rings. The fourth-order valence-corrected chi connectivity index (χ4v) is 4.01. The van der Waals surface area contributed by atoms with E-state index in [1.807, 2.05) is 23.6 Å². The number of para-hydroxylation sites is 2. The van der Waals surface area contributed by atoms with Crippen LogP contribution in [0, 0.1) is 6.92 Å². The van der Waals surface area contributed by atoms with Gasteiger partial charge in [-0.2, -0.15) is 4.52 Å². The highest BCUT2D eigenvalue weighted by molar-refractivity contribution is 5.78. The molecule has 2 saturated heterocycles. The Morgan fingerprint density at radius 1 is 0.967 bits per heavy atom. The molecule has 3 N–H and O–H groups in total. The Balaban J connectivity index is 1.53. The van der Waals surface area contributed by atoms with Crippen molar-refractivity contribution in [2.45, 2.75) is 6.92 Å². The first-order valence-electron chi connectivity index (χ1n) is 10.4. The minimum Gasteiger partial charge on any atom is -0.396 e. The molecule has 0 aliphatic carbocycles. The summed E-state index contributed by atoms with van der Waals surface area (Å²) in [4.78, 5) is 9.21. The molecule has 0 atom stereocenters. The maximum Gasteiger partial charge on any atom is 0.179 e. The number of fused-ring (bicyclic) bond motifs is 1. The number of rotatable bonds is 4. The second-order valence-electron chi connectivity index (χ2n) is 7.58. The van der Waals surface area contributed by atoms with E-state index in [1.54, 1.807) is 0 Å². The summed E-state index contributed by atoms with van der Waals surface area (Å²) < 4.78 is 12.8. The lowest BCUT2D eigenvalue weighted by atomic mass is 10.2. The maximum atomic E-state index is 6.35. The van der Waals surface area contributed by atoms with Crippen molar-refractivity contribution in [3.8, 4) is 0 Å². The standard InChI is InChI=1S/C21H27N7O2/c1-15-20(24-17-4-2-3-5-18(17)26-6-10-29-11-7-26)28-21(23-15)16(22)14-19(25-28)27-8-12-30-13-9-27/h2-5,14,24H,6-13,22H2,1H3. The molecule has 4 heterocycles. The average Bonchev–Trinajstić information content (AvgIpc) is 3.11. The van der Waals surface area contributed by atoms with Gasteiger partial charge >= 0.3 is 0 Å². The van der Waals surface area contributed by atoms with E-state index >= 15 is 0 Å². The largest absolute Gasteiger partial charge is 0.396 e. The lowest BCUT2D eigenvalue weighted by molar-refractivity contribution is 0.122. The first kappa shape index (κ1) is 19.0. The van der Waals surface area contributed by atoms with E-state index in [2.05, 4.69) is 38.3 Å². The summed E-state index contributed by atoms with van der Waals surface area (Å²) in [6.07, 6.45) is 0. The fraction of sp³-hybridized carbons (Fsp3) is 0.429. The molecule has 2 aliphatic heterocycles. The molecule has 2 aromatic heterocycles. The van der Waals surface area contributed by atoms with Crippen LogP contribution in [0.3, 0.4) is 0 Å². The smallest absolute Gasteiger partial charge is 0.179 e. The van der Waals surface area contributed by atoms with Crippen molar-refractivity contribution < 1.29 is 9.47 Å². The molecule has 2 aliphatic rings. The molecular formula is C21H27N7O2. The lowest BCUT2D eigenvalue weighted by Crippen LogP contribution is -2.37. The Morgan fingerprint density at radius 2 is 1.63 bits per heavy atom. The number of nitrogen functional groups attached to an aromatic ring is 1. The van der Waals surface area contributed by atoms with Crippen LogP contribution >= 0.6 is 0 Å². The summed E-state index contributed by atoms with van der Waals surface area (Å²) in [6, 6.07) is 10.2. The summed E-state index contributed by atoms with van der Waals surface area (Å²) in [5.41, 5.74) is 10.6. The Bertz CT molecular complexity index is 1040. The number of benzene rings is 1. The van der Waals surface area contributed by atoms with Crippen molar-refractivity contribution in [1.82, 2.24) is 14.6 Å². The Morgan fingerprint density at radius 3 is 2.37 bits per heavy atom. The van der Waals surface area contributed by atoms with Crippen molar-refractivity contribution in [1.29, 1.82) is 0 Å². The zero-order valence-corrected chi connectivity index (χ0v) is 17.2. The van der Waals surface area contributed by atoms with Crippen molar-refractivity contribution in [2.75, 3.05) is 73.5 Å². The molecule has 30 heavy (non-hydrogen) atoms. The number of hydrogen-bond acceptors (Lipinski definition) is 8. The van der Waals surface area contributed by atoms with E-state index in [0.717, 1.165) is 68.1 Å². The van der Waals surface area contributed by atoms with E-state index in [4.69, 9.17) is 20.3 Å². The number of imidazole rings is 1. The fourth-order valence-electron chi connectivity index (χ4n) is 4.01. The minimum atomic E-state index is 0.615. The van der Waals surface area contributed by atoms with E-state index in [1.165, 1.54) is 0 Å². The zero-order valence-electron chi connectivity index (χ0n) is 17.2. The molecule has 0 spiro atoms. The third-order valence-electron chi connectivity index (χ3n) is 5.62. The number of anilines is 5. The molecule has 9 heteroatoms. The van der Waals surface area contributed by atoms with Gasteiger partial charge in [-0.05, 0) is 19.1 Å². The summed E-state index contributed by atoms with van der Waals surface area (Å²) >= 11 is 0. The lowest BCUT2D eigenvalue weighted by Gasteiger charge is -2.30. The number of aromatic nitrogens is 3. The predicted molar refractivity (Wildman–Crippen MR) is 118 cm³/mol. The molecule has 0 amide bonds. The van der Waals surface area contributed by atoms with Gasteiger partial charge in [-0.3, -0.25) is 0 Å². The second kappa shape index (κ2) is 8.00. The van der Waals surface area contributed by atoms with Crippen LogP contribution in [0.15, 0.2) is 30.3 Å². The molecule has 158 valence electrons. The van der Waals surface area contributed by atoms with E-state index in [-0.39, 0.29) is 0 Å². The van der Waals surface area contributed by atoms with E-state index in [9.17, 15) is 0 Å². The van der Waals surface area contributed by atoms with Gasteiger partial charge < -0.3 is 30.3 Å². The predicted octanol–water partition coefficient (Wildman–Crippen LogP) is 2.04. The number of morpholine rings is 2. The topological polar surface area (TPSA) is 93.2 Å². The van der Waals surface area contributed by atoms with Crippen LogP contribution in [-0.2, 0) is 9.47 Å². The second-order valence-corrected chi connectivity index (χ2v) is 7.58. The molecule has 0 bridgehead atoms. The van der Waals surface area contributed by atoms with Gasteiger partial charge in [-0.15, -0.1) is 5.10 Å². The summed E-state index contributed by atoms with van der Waals surface area (Å²) in [5.74, 6) is 1.66. The van der Waals surface area contributed by atoms with Gasteiger partial charge in [0.1, 0.15) is 0 Å². The first-order valence-corrected chi connectivity index (χ1v) is 10.4. The molecular weight excluding hydrogens is 382 g/mol. The van der Waals surface area contributed by atoms with E-state index < -0.39 is 0 Å². The number of nitrogens with zero attached hydrogens (tertiary/aromatic N) is 5. The van der Waals surface area contributed by atoms with Gasteiger partial charge in [-0.1, -0.05) is 12.1 Å². The molecule has 3 aromatic rings. The molecule has 1 aromatic carbocycles. The van der Waals surface area contributed by atoms with Crippen LogP contribution in [0.25, 0.3) is 5.65 Å². The van der Waals surface area contributed by atoms with Crippen molar-refractivity contribution in [3.05, 3.63) is 36.0 Å². The molecule has 0 radical (unpaired) electrons. The number of aryl methyl sites for hydroxylation is 1. The Labute approximate surface area is 175 Å². The molecule has 5 rings (SSSR count). The van der Waals surface area contributed by atoms with Crippen LogP contribution in [0.4, 0.5) is 28.7 Å². The minimum absolute atomic E-state index is 0.615. The van der Waals surface area contributed by atoms with Crippen molar-refractivity contribution in [2.24, 2.45) is 0 Å². The monoisotopic (exact) mass is 409 g/mol. The Kier molecular flexibility index (Phi) is 5.06. The zero-order chi connectivity index (χ0) is 20.5. The van der Waals surface area contributed by atoms with Gasteiger partial charge in [0.2, 0.25) is 0 Å². The molecule has 0 unspecified atom stereocenters. The van der Waals surface area contributed by atoms with Gasteiger partial charge in [0, 0.05) is 32.2 Å².